The second-order valence-corrected chi connectivity index (χ2v) is 8.57. The molecule has 4 aliphatic rings. The van der Waals surface area contributed by atoms with Gasteiger partial charge in [0.05, 0.1) is 21.8 Å². The lowest BCUT2D eigenvalue weighted by Crippen LogP contribution is -2.50. The Morgan fingerprint density at radius 2 is 2.21 bits per heavy atom. The van der Waals surface area contributed by atoms with Crippen LogP contribution in [0.5, 0.6) is 0 Å². The summed E-state index contributed by atoms with van der Waals surface area (Å²) in [5.74, 6) is 1.01. The van der Waals surface area contributed by atoms with E-state index in [0.717, 1.165) is 23.6 Å². The molecular formula is C16H18ClFN4OS. The summed E-state index contributed by atoms with van der Waals surface area (Å²) in [6.07, 6.45) is 6.34. The Morgan fingerprint density at radius 1 is 1.38 bits per heavy atom. The topological polar surface area (TPSA) is 49.4 Å². The number of thiazole rings is 1. The predicted octanol–water partition coefficient (Wildman–Crippen LogP) is 4.12. The summed E-state index contributed by atoms with van der Waals surface area (Å²) in [5.41, 5.74) is 6.86. The van der Waals surface area contributed by atoms with Crippen LogP contribution in [0, 0.1) is 17.7 Å². The van der Waals surface area contributed by atoms with Crippen molar-refractivity contribution < 1.29 is 9.23 Å². The maximum absolute atomic E-state index is 13.6. The van der Waals surface area contributed by atoms with E-state index in [1.54, 1.807) is 6.07 Å². The predicted molar refractivity (Wildman–Crippen MR) is 91.9 cm³/mol. The molecule has 2 heterocycles. The number of nitrogens with one attached hydrogen (secondary N) is 2. The van der Waals surface area contributed by atoms with E-state index in [2.05, 4.69) is 16.0 Å². The van der Waals surface area contributed by atoms with Crippen molar-refractivity contribution in [2.24, 2.45) is 11.8 Å². The van der Waals surface area contributed by atoms with Crippen LogP contribution in [-0.2, 0) is 4.84 Å². The highest BCUT2D eigenvalue weighted by Gasteiger charge is 2.53. The van der Waals surface area contributed by atoms with Crippen LogP contribution in [0.15, 0.2) is 12.1 Å². The first-order valence-corrected chi connectivity index (χ1v) is 9.54. The van der Waals surface area contributed by atoms with Gasteiger partial charge in [0.2, 0.25) is 0 Å². The molecule has 1 aliphatic heterocycles. The molecule has 2 bridgehead atoms. The lowest BCUT2D eigenvalue weighted by molar-refractivity contribution is -0.146. The van der Waals surface area contributed by atoms with Crippen molar-refractivity contribution >= 4 is 38.3 Å². The Bertz CT molecular complexity index is 755. The summed E-state index contributed by atoms with van der Waals surface area (Å²) in [6, 6.07) is 2.99. The Hall–Kier alpha value is -0.990. The highest BCUT2D eigenvalue weighted by atomic mass is 35.5. The summed E-state index contributed by atoms with van der Waals surface area (Å²) in [6.45, 7) is 0.791. The summed E-state index contributed by atoms with van der Waals surface area (Å²) in [5, 5.41) is 2.65. The molecule has 1 unspecified atom stereocenters. The van der Waals surface area contributed by atoms with Crippen LogP contribution in [-0.4, -0.2) is 22.2 Å². The highest BCUT2D eigenvalue weighted by Crippen LogP contribution is 2.50. The van der Waals surface area contributed by atoms with E-state index in [-0.39, 0.29) is 10.6 Å². The number of anilines is 1. The SMILES string of the molecule is Fc1cc2sc(NN3CC4(CC5CCC4CC5)ON3)nc2cc1Cl. The summed E-state index contributed by atoms with van der Waals surface area (Å²) in [7, 11) is 0. The van der Waals surface area contributed by atoms with Crippen LogP contribution in [0.25, 0.3) is 10.2 Å². The monoisotopic (exact) mass is 368 g/mol. The minimum absolute atomic E-state index is 0.0831. The van der Waals surface area contributed by atoms with Crippen LogP contribution in [0.4, 0.5) is 9.52 Å². The number of benzene rings is 1. The van der Waals surface area contributed by atoms with E-state index in [4.69, 9.17) is 16.4 Å². The van der Waals surface area contributed by atoms with Crippen molar-refractivity contribution in [2.75, 3.05) is 12.0 Å². The zero-order chi connectivity index (χ0) is 16.3. The Kier molecular flexibility index (Phi) is 3.50. The van der Waals surface area contributed by atoms with Gasteiger partial charge in [-0.05, 0) is 56.1 Å². The van der Waals surface area contributed by atoms with Crippen LogP contribution < -0.4 is 11.0 Å². The van der Waals surface area contributed by atoms with E-state index < -0.39 is 5.82 Å². The maximum atomic E-state index is 13.6. The van der Waals surface area contributed by atoms with Gasteiger partial charge in [-0.1, -0.05) is 22.9 Å². The standard InChI is InChI=1S/C16H18ClFN4OS/c17-11-5-13-14(6-12(11)18)24-15(19-13)20-22-8-16(23-21-22)7-9-1-3-10(16)4-2-9/h5-6,9-10,21H,1-4,7-8H2,(H,19,20). The number of aromatic nitrogens is 1. The normalized spacial score (nSPS) is 32.9. The van der Waals surface area contributed by atoms with Crippen molar-refractivity contribution in [1.29, 1.82) is 0 Å². The molecule has 1 spiro atoms. The van der Waals surface area contributed by atoms with Gasteiger partial charge in [0, 0.05) is 0 Å². The van der Waals surface area contributed by atoms with E-state index >= 15 is 0 Å². The molecule has 4 fully saturated rings. The first kappa shape index (κ1) is 15.3. The molecule has 128 valence electrons. The fraction of sp³-hybridized carbons (Fsp3) is 0.562. The van der Waals surface area contributed by atoms with Gasteiger partial charge in [0.1, 0.15) is 11.4 Å². The second kappa shape index (κ2) is 5.51. The number of halogens is 2. The first-order valence-electron chi connectivity index (χ1n) is 8.35. The number of rotatable bonds is 2. The second-order valence-electron chi connectivity index (χ2n) is 7.13. The minimum atomic E-state index is -0.417. The van der Waals surface area contributed by atoms with Crippen molar-refractivity contribution in [3.63, 3.8) is 0 Å². The summed E-state index contributed by atoms with van der Waals surface area (Å²) < 4.78 is 14.3. The molecule has 1 saturated heterocycles. The van der Waals surface area contributed by atoms with Gasteiger partial charge >= 0.3 is 0 Å². The molecule has 1 atom stereocenters. The molecule has 1 aromatic carbocycles. The van der Waals surface area contributed by atoms with Crippen molar-refractivity contribution in [2.45, 2.75) is 37.7 Å². The molecule has 6 rings (SSSR count). The third-order valence-corrected chi connectivity index (χ3v) is 6.88. The number of nitrogens with zero attached hydrogens (tertiary/aromatic N) is 2. The average Bonchev–Trinajstić information content (AvgIpc) is 3.13. The lowest BCUT2D eigenvalue weighted by Gasteiger charge is -2.47. The van der Waals surface area contributed by atoms with Gasteiger partial charge in [-0.2, -0.15) is 0 Å². The average molecular weight is 369 g/mol. The minimum Gasteiger partial charge on any atom is -0.279 e. The fourth-order valence-electron chi connectivity index (χ4n) is 4.49. The van der Waals surface area contributed by atoms with Crippen molar-refractivity contribution in [3.8, 4) is 0 Å². The summed E-state index contributed by atoms with van der Waals surface area (Å²) >= 11 is 7.23. The number of hydrogen-bond donors (Lipinski definition) is 2. The van der Waals surface area contributed by atoms with Gasteiger partial charge in [0.25, 0.3) is 0 Å². The molecule has 3 aliphatic carbocycles. The lowest BCUT2D eigenvalue weighted by atomic mass is 9.62. The Labute approximate surface area is 148 Å². The summed E-state index contributed by atoms with van der Waals surface area (Å²) in [4.78, 5) is 10.5. The number of fused-ring (bicyclic) bond motifs is 3. The van der Waals surface area contributed by atoms with E-state index in [0.29, 0.717) is 16.6 Å². The number of hydrogen-bond acceptors (Lipinski definition) is 6. The third-order valence-electron chi connectivity index (χ3n) is 5.67. The highest BCUT2D eigenvalue weighted by molar-refractivity contribution is 7.22. The van der Waals surface area contributed by atoms with Crippen LogP contribution in [0.2, 0.25) is 5.02 Å². The maximum Gasteiger partial charge on any atom is 0.199 e. The smallest absolute Gasteiger partial charge is 0.199 e. The Morgan fingerprint density at radius 3 is 2.96 bits per heavy atom. The van der Waals surface area contributed by atoms with Gasteiger partial charge in [0.15, 0.2) is 5.13 Å². The zero-order valence-electron chi connectivity index (χ0n) is 13.0. The largest absolute Gasteiger partial charge is 0.279 e. The van der Waals surface area contributed by atoms with Gasteiger partial charge in [-0.15, -0.1) is 10.7 Å². The molecule has 2 N–H and O–H groups in total. The molecular weight excluding hydrogens is 351 g/mol. The third kappa shape index (κ3) is 2.42. The van der Waals surface area contributed by atoms with E-state index in [1.807, 2.05) is 5.12 Å². The molecule has 3 saturated carbocycles. The zero-order valence-corrected chi connectivity index (χ0v) is 14.6. The molecule has 8 heteroatoms. The van der Waals surface area contributed by atoms with Gasteiger partial charge < -0.3 is 0 Å². The van der Waals surface area contributed by atoms with Crippen molar-refractivity contribution in [1.82, 2.24) is 15.7 Å². The molecule has 1 aromatic heterocycles. The molecule has 0 radical (unpaired) electrons. The van der Waals surface area contributed by atoms with E-state index in [9.17, 15) is 4.39 Å². The fourth-order valence-corrected chi connectivity index (χ4v) is 5.53. The van der Waals surface area contributed by atoms with E-state index in [1.165, 1.54) is 43.1 Å². The molecule has 24 heavy (non-hydrogen) atoms. The number of hydrazine groups is 2. The molecule has 5 nitrogen and oxygen atoms in total. The molecule has 2 aromatic rings. The van der Waals surface area contributed by atoms with Crippen LogP contribution in [0.1, 0.15) is 32.1 Å². The quantitative estimate of drug-likeness (QED) is 0.835. The van der Waals surface area contributed by atoms with Crippen LogP contribution >= 0.6 is 22.9 Å². The Balaban J connectivity index is 1.34. The van der Waals surface area contributed by atoms with Gasteiger partial charge in [-0.3, -0.25) is 10.3 Å². The van der Waals surface area contributed by atoms with Crippen LogP contribution in [0.3, 0.4) is 0 Å². The molecule has 0 amide bonds. The van der Waals surface area contributed by atoms with Gasteiger partial charge in [-0.25, -0.2) is 9.37 Å². The first-order chi connectivity index (χ1) is 11.6. The van der Waals surface area contributed by atoms with Crippen molar-refractivity contribution in [3.05, 3.63) is 23.0 Å².